The van der Waals surface area contributed by atoms with Gasteiger partial charge >= 0.3 is 0 Å². The average Bonchev–Trinajstić information content (AvgIpc) is 2.74. The van der Waals surface area contributed by atoms with Crippen LogP contribution in [0.25, 0.3) is 34.3 Å². The molecular weight excluding hydrogens is 340 g/mol. The SMILES string of the molecule is CN(C)c1ccc(/C=C/c2cc(-c3ccccc3)[n+](C)c3ccccc23)cc1. The minimum Gasteiger partial charge on any atom is -0.378 e. The van der Waals surface area contributed by atoms with Gasteiger partial charge in [-0.15, -0.1) is 0 Å². The van der Waals surface area contributed by atoms with Gasteiger partial charge in [0.2, 0.25) is 11.2 Å². The highest BCUT2D eigenvalue weighted by atomic mass is 15.1. The zero-order valence-corrected chi connectivity index (χ0v) is 16.6. The van der Waals surface area contributed by atoms with Crippen LogP contribution in [0.3, 0.4) is 0 Å². The van der Waals surface area contributed by atoms with E-state index in [1.165, 1.54) is 39.0 Å². The van der Waals surface area contributed by atoms with Crippen LogP contribution in [-0.4, -0.2) is 14.1 Å². The second-order valence-electron chi connectivity index (χ2n) is 7.25. The highest BCUT2D eigenvalue weighted by molar-refractivity contribution is 5.90. The first-order chi connectivity index (χ1) is 13.6. The van der Waals surface area contributed by atoms with Crippen LogP contribution in [0.5, 0.6) is 0 Å². The van der Waals surface area contributed by atoms with E-state index in [1.54, 1.807) is 0 Å². The van der Waals surface area contributed by atoms with Crippen molar-refractivity contribution in [3.05, 3.63) is 96.1 Å². The molecule has 2 heteroatoms. The number of hydrogen-bond donors (Lipinski definition) is 0. The molecule has 0 aliphatic carbocycles. The Kier molecular flexibility index (Phi) is 4.94. The minimum atomic E-state index is 1.20. The molecule has 138 valence electrons. The standard InChI is InChI=1S/C26H25N2/c1-27(2)23-17-14-20(15-18-23)13-16-22-19-26(21-9-5-4-6-10-21)28(3)25-12-8-7-11-24(22)25/h4-19H,1-3H3/q+1. The molecule has 4 rings (SSSR count). The molecule has 0 aliphatic rings. The van der Waals surface area contributed by atoms with Crippen molar-refractivity contribution in [3.8, 4) is 11.3 Å². The number of anilines is 1. The predicted molar refractivity (Wildman–Crippen MR) is 120 cm³/mol. The summed E-state index contributed by atoms with van der Waals surface area (Å²) in [5.41, 5.74) is 7.29. The Morgan fingerprint density at radius 2 is 1.43 bits per heavy atom. The monoisotopic (exact) mass is 365 g/mol. The molecule has 0 saturated carbocycles. The average molecular weight is 366 g/mol. The van der Waals surface area contributed by atoms with E-state index in [0.717, 1.165) is 0 Å². The number of nitrogens with zero attached hydrogens (tertiary/aromatic N) is 2. The Morgan fingerprint density at radius 3 is 2.14 bits per heavy atom. The number of aryl methyl sites for hydroxylation is 1. The maximum absolute atomic E-state index is 2.28. The first-order valence-electron chi connectivity index (χ1n) is 9.56. The summed E-state index contributed by atoms with van der Waals surface area (Å²) >= 11 is 0. The topological polar surface area (TPSA) is 7.12 Å². The van der Waals surface area contributed by atoms with Crippen molar-refractivity contribution in [1.29, 1.82) is 0 Å². The molecule has 1 aromatic heterocycles. The molecule has 0 aliphatic heterocycles. The molecule has 0 atom stereocenters. The molecule has 4 aromatic rings. The van der Waals surface area contributed by atoms with Crippen molar-refractivity contribution in [3.63, 3.8) is 0 Å². The zero-order valence-electron chi connectivity index (χ0n) is 16.6. The van der Waals surface area contributed by atoms with Crippen molar-refractivity contribution >= 4 is 28.7 Å². The summed E-state index contributed by atoms with van der Waals surface area (Å²) in [5.74, 6) is 0. The normalized spacial score (nSPS) is 11.2. The first kappa shape index (κ1) is 18.0. The van der Waals surface area contributed by atoms with Gasteiger partial charge in [0.05, 0.1) is 5.39 Å². The Balaban J connectivity index is 1.81. The third kappa shape index (κ3) is 3.54. The van der Waals surface area contributed by atoms with Gasteiger partial charge in [0.1, 0.15) is 7.05 Å². The number of aromatic nitrogens is 1. The van der Waals surface area contributed by atoms with Gasteiger partial charge in [0.15, 0.2) is 0 Å². The quantitative estimate of drug-likeness (QED) is 0.429. The maximum Gasteiger partial charge on any atom is 0.213 e. The second-order valence-corrected chi connectivity index (χ2v) is 7.25. The predicted octanol–water partition coefficient (Wildman–Crippen LogP) is 5.57. The summed E-state index contributed by atoms with van der Waals surface area (Å²) in [6.07, 6.45) is 4.41. The molecule has 0 bridgehead atoms. The van der Waals surface area contributed by atoms with Gasteiger partial charge in [-0.1, -0.05) is 54.6 Å². The molecule has 2 nitrogen and oxygen atoms in total. The van der Waals surface area contributed by atoms with Crippen molar-refractivity contribution in [2.45, 2.75) is 0 Å². The van der Waals surface area contributed by atoms with Crippen LogP contribution >= 0.6 is 0 Å². The molecule has 0 fully saturated rings. The van der Waals surface area contributed by atoms with Crippen LogP contribution in [0.4, 0.5) is 5.69 Å². The van der Waals surface area contributed by atoms with Crippen LogP contribution in [0.1, 0.15) is 11.1 Å². The van der Waals surface area contributed by atoms with E-state index in [2.05, 4.69) is 128 Å². The lowest BCUT2D eigenvalue weighted by atomic mass is 10.0. The molecular formula is C26H25N2+. The van der Waals surface area contributed by atoms with Gasteiger partial charge < -0.3 is 4.90 Å². The van der Waals surface area contributed by atoms with Crippen LogP contribution < -0.4 is 9.47 Å². The van der Waals surface area contributed by atoms with Crippen molar-refractivity contribution < 1.29 is 4.57 Å². The third-order valence-electron chi connectivity index (χ3n) is 5.16. The van der Waals surface area contributed by atoms with Gasteiger partial charge in [-0.05, 0) is 41.5 Å². The summed E-state index contributed by atoms with van der Waals surface area (Å²) in [4.78, 5) is 2.12. The van der Waals surface area contributed by atoms with Crippen LogP contribution in [0.15, 0.2) is 84.9 Å². The largest absolute Gasteiger partial charge is 0.378 e. The maximum atomic E-state index is 2.28. The van der Waals surface area contributed by atoms with E-state index in [1.807, 2.05) is 0 Å². The number of hydrogen-bond acceptors (Lipinski definition) is 1. The number of fused-ring (bicyclic) bond motifs is 1. The van der Waals surface area contributed by atoms with E-state index < -0.39 is 0 Å². The first-order valence-corrected chi connectivity index (χ1v) is 9.56. The molecule has 0 saturated heterocycles. The molecule has 0 unspecified atom stereocenters. The lowest BCUT2D eigenvalue weighted by Crippen LogP contribution is -2.32. The molecule has 0 radical (unpaired) electrons. The van der Waals surface area contributed by atoms with E-state index in [0.29, 0.717) is 0 Å². The minimum absolute atomic E-state index is 1.20. The van der Waals surface area contributed by atoms with Gasteiger partial charge in [-0.3, -0.25) is 0 Å². The van der Waals surface area contributed by atoms with Crippen LogP contribution in [0, 0.1) is 0 Å². The summed E-state index contributed by atoms with van der Waals surface area (Å²) in [5, 5.41) is 1.26. The number of benzene rings is 3. The molecule has 0 spiro atoms. The Bertz CT molecular complexity index is 1120. The van der Waals surface area contributed by atoms with Gasteiger partial charge in [0.25, 0.3) is 0 Å². The molecule has 1 heterocycles. The van der Waals surface area contributed by atoms with E-state index >= 15 is 0 Å². The molecule has 0 amide bonds. The van der Waals surface area contributed by atoms with Crippen molar-refractivity contribution in [2.75, 3.05) is 19.0 Å². The lowest BCUT2D eigenvalue weighted by Gasteiger charge is -2.11. The zero-order chi connectivity index (χ0) is 19.5. The van der Waals surface area contributed by atoms with Crippen molar-refractivity contribution in [2.24, 2.45) is 7.05 Å². The smallest absolute Gasteiger partial charge is 0.213 e. The number of para-hydroxylation sites is 1. The Labute approximate surface area is 167 Å². The fraction of sp³-hybridized carbons (Fsp3) is 0.115. The summed E-state index contributed by atoms with van der Waals surface area (Å²) in [7, 11) is 6.26. The van der Waals surface area contributed by atoms with E-state index in [-0.39, 0.29) is 0 Å². The Hall–Kier alpha value is -3.39. The van der Waals surface area contributed by atoms with E-state index in [4.69, 9.17) is 0 Å². The van der Waals surface area contributed by atoms with Crippen LogP contribution in [0.2, 0.25) is 0 Å². The van der Waals surface area contributed by atoms with E-state index in [9.17, 15) is 0 Å². The lowest BCUT2D eigenvalue weighted by molar-refractivity contribution is -0.633. The van der Waals surface area contributed by atoms with Gasteiger partial charge in [-0.2, -0.15) is 4.57 Å². The molecule has 0 N–H and O–H groups in total. The van der Waals surface area contributed by atoms with Crippen molar-refractivity contribution in [1.82, 2.24) is 0 Å². The number of rotatable bonds is 4. The Morgan fingerprint density at radius 1 is 0.750 bits per heavy atom. The van der Waals surface area contributed by atoms with Gasteiger partial charge in [-0.25, -0.2) is 0 Å². The van der Waals surface area contributed by atoms with Gasteiger partial charge in [0, 0.05) is 37.5 Å². The fourth-order valence-electron chi connectivity index (χ4n) is 3.56. The summed E-state index contributed by atoms with van der Waals surface area (Å²) < 4.78 is 2.27. The molecule has 3 aromatic carbocycles. The molecule has 28 heavy (non-hydrogen) atoms. The highest BCUT2D eigenvalue weighted by Crippen LogP contribution is 2.25. The number of pyridine rings is 1. The highest BCUT2D eigenvalue weighted by Gasteiger charge is 2.16. The fourth-order valence-corrected chi connectivity index (χ4v) is 3.56. The third-order valence-corrected chi connectivity index (χ3v) is 5.16. The summed E-state index contributed by atoms with van der Waals surface area (Å²) in [6.45, 7) is 0. The summed E-state index contributed by atoms with van der Waals surface area (Å²) in [6, 6.07) is 30.1. The second kappa shape index (κ2) is 7.69. The van der Waals surface area contributed by atoms with Crippen LogP contribution in [-0.2, 0) is 7.05 Å².